The maximum absolute atomic E-state index is 12.2. The molecule has 2 aromatic rings. The Labute approximate surface area is 122 Å². The summed E-state index contributed by atoms with van der Waals surface area (Å²) in [5, 5.41) is 3.48. The fourth-order valence-corrected chi connectivity index (χ4v) is 2.01. The van der Waals surface area contributed by atoms with Crippen molar-refractivity contribution in [2.45, 2.75) is 19.4 Å². The largest absolute Gasteiger partial charge is 0.368 e. The maximum atomic E-state index is 12.2. The van der Waals surface area contributed by atoms with Crippen LogP contribution >= 0.6 is 0 Å². The van der Waals surface area contributed by atoms with Crippen molar-refractivity contribution >= 4 is 22.7 Å². The van der Waals surface area contributed by atoms with E-state index in [4.69, 9.17) is 5.73 Å². The molecule has 0 fully saturated rings. The number of carbonyl (C=O) groups excluding carboxylic acids is 2. The molecule has 5 heteroatoms. The second-order valence-electron chi connectivity index (χ2n) is 5.01. The second-order valence-corrected chi connectivity index (χ2v) is 5.01. The molecule has 21 heavy (non-hydrogen) atoms. The van der Waals surface area contributed by atoms with Gasteiger partial charge in [0.15, 0.2) is 0 Å². The number of rotatable bonds is 5. The molecule has 2 amide bonds. The number of benzene rings is 1. The lowest BCUT2D eigenvalue weighted by atomic mass is 10.1. The SMILES string of the molecule is C=C(C)C[C@H](NC(=O)c1cnc2ccccc2c1)C(N)=O. The van der Waals surface area contributed by atoms with E-state index in [0.29, 0.717) is 12.0 Å². The van der Waals surface area contributed by atoms with Gasteiger partial charge in [-0.15, -0.1) is 6.58 Å². The Kier molecular flexibility index (Phi) is 4.33. The van der Waals surface area contributed by atoms with Crippen molar-refractivity contribution in [1.29, 1.82) is 0 Å². The van der Waals surface area contributed by atoms with E-state index in [1.807, 2.05) is 24.3 Å². The number of hydrogen-bond acceptors (Lipinski definition) is 3. The van der Waals surface area contributed by atoms with Crippen LogP contribution in [-0.2, 0) is 4.79 Å². The van der Waals surface area contributed by atoms with Gasteiger partial charge in [-0.3, -0.25) is 14.6 Å². The Hall–Kier alpha value is -2.69. The minimum atomic E-state index is -0.763. The average Bonchev–Trinajstić information content (AvgIpc) is 2.45. The third-order valence-corrected chi connectivity index (χ3v) is 3.05. The van der Waals surface area contributed by atoms with Gasteiger partial charge >= 0.3 is 0 Å². The van der Waals surface area contributed by atoms with Crippen molar-refractivity contribution in [1.82, 2.24) is 10.3 Å². The highest BCUT2D eigenvalue weighted by molar-refractivity contribution is 5.99. The molecule has 0 aliphatic heterocycles. The lowest BCUT2D eigenvalue weighted by Gasteiger charge is -2.15. The summed E-state index contributed by atoms with van der Waals surface area (Å²) in [6.07, 6.45) is 1.80. The number of primary amides is 1. The summed E-state index contributed by atoms with van der Waals surface area (Å²) >= 11 is 0. The molecule has 0 aliphatic carbocycles. The predicted octanol–water partition coefficient (Wildman–Crippen LogP) is 1.78. The molecule has 0 saturated carbocycles. The number of nitrogens with one attached hydrogen (secondary N) is 1. The van der Waals surface area contributed by atoms with E-state index in [-0.39, 0.29) is 5.91 Å². The number of pyridine rings is 1. The quantitative estimate of drug-likeness (QED) is 0.820. The molecule has 3 N–H and O–H groups in total. The first kappa shape index (κ1) is 14.7. The lowest BCUT2D eigenvalue weighted by molar-refractivity contribution is -0.119. The first-order chi connectivity index (χ1) is 9.97. The molecule has 108 valence electrons. The number of fused-ring (bicyclic) bond motifs is 1. The van der Waals surface area contributed by atoms with Crippen LogP contribution in [0.4, 0.5) is 0 Å². The van der Waals surface area contributed by atoms with Gasteiger partial charge in [0, 0.05) is 11.6 Å². The Morgan fingerprint density at radius 3 is 2.76 bits per heavy atom. The van der Waals surface area contributed by atoms with Gasteiger partial charge in [0.1, 0.15) is 6.04 Å². The minimum Gasteiger partial charge on any atom is -0.368 e. The molecule has 0 aliphatic rings. The van der Waals surface area contributed by atoms with Gasteiger partial charge in [0.05, 0.1) is 11.1 Å². The highest BCUT2D eigenvalue weighted by Gasteiger charge is 2.19. The molecule has 1 aromatic carbocycles. The van der Waals surface area contributed by atoms with Gasteiger partial charge in [0.2, 0.25) is 5.91 Å². The summed E-state index contributed by atoms with van der Waals surface area (Å²) in [6, 6.07) is 8.46. The average molecular weight is 283 g/mol. The Morgan fingerprint density at radius 2 is 2.10 bits per heavy atom. The van der Waals surface area contributed by atoms with E-state index in [1.54, 1.807) is 13.0 Å². The highest BCUT2D eigenvalue weighted by Crippen LogP contribution is 2.13. The Morgan fingerprint density at radius 1 is 1.38 bits per heavy atom. The third kappa shape index (κ3) is 3.66. The molecule has 2 rings (SSSR count). The molecule has 1 aromatic heterocycles. The number of nitrogens with two attached hydrogens (primary N) is 1. The summed E-state index contributed by atoms with van der Waals surface area (Å²) in [6.45, 7) is 5.50. The number of para-hydroxylation sites is 1. The van der Waals surface area contributed by atoms with Crippen LogP contribution in [0.2, 0.25) is 0 Å². The number of amides is 2. The zero-order chi connectivity index (χ0) is 15.4. The minimum absolute atomic E-state index is 0.322. The summed E-state index contributed by atoms with van der Waals surface area (Å²) in [4.78, 5) is 27.8. The summed E-state index contributed by atoms with van der Waals surface area (Å²) in [5.74, 6) is -0.960. The second kappa shape index (κ2) is 6.17. The van der Waals surface area contributed by atoms with Crippen molar-refractivity contribution < 1.29 is 9.59 Å². The predicted molar refractivity (Wildman–Crippen MR) is 81.6 cm³/mol. The lowest BCUT2D eigenvalue weighted by Crippen LogP contribution is -2.44. The molecule has 1 atom stereocenters. The van der Waals surface area contributed by atoms with Gasteiger partial charge in [-0.25, -0.2) is 0 Å². The zero-order valence-electron chi connectivity index (χ0n) is 11.8. The smallest absolute Gasteiger partial charge is 0.253 e. The Bertz CT molecular complexity index is 709. The molecule has 0 unspecified atom stereocenters. The van der Waals surface area contributed by atoms with Crippen LogP contribution in [0, 0.1) is 0 Å². The number of aromatic nitrogens is 1. The monoisotopic (exact) mass is 283 g/mol. The summed E-state index contributed by atoms with van der Waals surface area (Å²) < 4.78 is 0. The van der Waals surface area contributed by atoms with Gasteiger partial charge < -0.3 is 11.1 Å². The molecule has 0 bridgehead atoms. The van der Waals surface area contributed by atoms with Crippen LogP contribution in [0.1, 0.15) is 23.7 Å². The van der Waals surface area contributed by atoms with Crippen molar-refractivity contribution in [2.75, 3.05) is 0 Å². The maximum Gasteiger partial charge on any atom is 0.253 e. The van der Waals surface area contributed by atoms with Gasteiger partial charge in [0.25, 0.3) is 5.91 Å². The first-order valence-electron chi connectivity index (χ1n) is 6.56. The normalized spacial score (nSPS) is 11.9. The van der Waals surface area contributed by atoms with Crippen LogP contribution in [0.15, 0.2) is 48.7 Å². The first-order valence-corrected chi connectivity index (χ1v) is 6.56. The van der Waals surface area contributed by atoms with Crippen LogP contribution < -0.4 is 11.1 Å². The van der Waals surface area contributed by atoms with Crippen LogP contribution in [-0.4, -0.2) is 22.8 Å². The molecule has 0 saturated heterocycles. The van der Waals surface area contributed by atoms with Crippen molar-refractivity contribution in [3.05, 3.63) is 54.2 Å². The van der Waals surface area contributed by atoms with Crippen LogP contribution in [0.3, 0.4) is 0 Å². The zero-order valence-corrected chi connectivity index (χ0v) is 11.8. The van der Waals surface area contributed by atoms with Crippen molar-refractivity contribution in [3.63, 3.8) is 0 Å². The number of nitrogens with zero attached hydrogens (tertiary/aromatic N) is 1. The highest BCUT2D eigenvalue weighted by atomic mass is 16.2. The standard InChI is InChI=1S/C16H17N3O2/c1-10(2)7-14(15(17)20)19-16(21)12-8-11-5-3-4-6-13(11)18-9-12/h3-6,8-9,14H,1,7H2,2H3,(H2,17,20)(H,19,21)/t14-/m0/s1. The van der Waals surface area contributed by atoms with Gasteiger partial charge in [-0.2, -0.15) is 0 Å². The number of carbonyl (C=O) groups is 2. The van der Waals surface area contributed by atoms with Crippen LogP contribution in [0.5, 0.6) is 0 Å². The van der Waals surface area contributed by atoms with E-state index in [0.717, 1.165) is 16.5 Å². The third-order valence-electron chi connectivity index (χ3n) is 3.05. The van der Waals surface area contributed by atoms with Crippen molar-refractivity contribution in [3.8, 4) is 0 Å². The summed E-state index contributed by atoms with van der Waals surface area (Å²) in [7, 11) is 0. The Balaban J connectivity index is 2.20. The van der Waals surface area contributed by atoms with Crippen LogP contribution in [0.25, 0.3) is 10.9 Å². The van der Waals surface area contributed by atoms with E-state index in [9.17, 15) is 9.59 Å². The topological polar surface area (TPSA) is 85.1 Å². The molecular weight excluding hydrogens is 266 g/mol. The molecule has 1 heterocycles. The van der Waals surface area contributed by atoms with E-state index >= 15 is 0 Å². The van der Waals surface area contributed by atoms with E-state index in [1.165, 1.54) is 6.20 Å². The fraction of sp³-hybridized carbons (Fsp3) is 0.188. The van der Waals surface area contributed by atoms with Gasteiger partial charge in [-0.1, -0.05) is 23.8 Å². The molecular formula is C16H17N3O2. The van der Waals surface area contributed by atoms with E-state index in [2.05, 4.69) is 16.9 Å². The fourth-order valence-electron chi connectivity index (χ4n) is 2.01. The van der Waals surface area contributed by atoms with E-state index < -0.39 is 11.9 Å². The molecule has 0 radical (unpaired) electrons. The number of hydrogen-bond donors (Lipinski definition) is 2. The summed E-state index contributed by atoms with van der Waals surface area (Å²) in [5.41, 5.74) is 7.26. The molecule has 5 nitrogen and oxygen atoms in total. The van der Waals surface area contributed by atoms with Crippen molar-refractivity contribution in [2.24, 2.45) is 5.73 Å². The molecule has 0 spiro atoms. The van der Waals surface area contributed by atoms with Gasteiger partial charge in [-0.05, 0) is 25.5 Å².